The van der Waals surface area contributed by atoms with Gasteiger partial charge in [-0.1, -0.05) is 24.3 Å². The maximum absolute atomic E-state index is 14.0. The molecule has 0 N–H and O–H groups in total. The second-order valence-corrected chi connectivity index (χ2v) is 6.76. The second-order valence-electron chi connectivity index (χ2n) is 5.73. The van der Waals surface area contributed by atoms with Crippen LogP contribution in [0.25, 0.3) is 0 Å². The van der Waals surface area contributed by atoms with Crippen LogP contribution in [-0.4, -0.2) is 41.9 Å². The summed E-state index contributed by atoms with van der Waals surface area (Å²) in [4.78, 5) is 17.1. The topological polar surface area (TPSA) is 47.3 Å². The van der Waals surface area contributed by atoms with Gasteiger partial charge in [0.2, 0.25) is 5.91 Å². The molecule has 2 aromatic rings. The lowest BCUT2D eigenvalue weighted by molar-refractivity contribution is -0.132. The Balaban J connectivity index is 1.61. The van der Waals surface area contributed by atoms with E-state index in [4.69, 9.17) is 0 Å². The molecule has 0 saturated carbocycles. The molecule has 1 aliphatic rings. The van der Waals surface area contributed by atoms with Gasteiger partial charge >= 0.3 is 0 Å². The first-order chi connectivity index (χ1) is 11.7. The highest BCUT2D eigenvalue weighted by molar-refractivity contribution is 7.10. The van der Waals surface area contributed by atoms with E-state index in [1.54, 1.807) is 29.5 Å². The molecule has 1 amide bonds. The standard InChI is InChI=1S/C18H18FN3OS/c19-16-6-2-1-5-15(16)17(13-20)21-7-9-22(10-8-21)18(23)12-14-4-3-11-24-14/h1-6,11,17H,7-10,12H2. The number of nitriles is 1. The lowest BCUT2D eigenvalue weighted by atomic mass is 10.0. The molecular weight excluding hydrogens is 325 g/mol. The van der Waals surface area contributed by atoms with Crippen LogP contribution in [0.15, 0.2) is 41.8 Å². The van der Waals surface area contributed by atoms with E-state index in [0.29, 0.717) is 38.2 Å². The number of piperazine rings is 1. The van der Waals surface area contributed by atoms with Gasteiger partial charge in [-0.15, -0.1) is 11.3 Å². The van der Waals surface area contributed by atoms with E-state index in [9.17, 15) is 14.4 Å². The number of nitrogens with zero attached hydrogens (tertiary/aromatic N) is 3. The molecule has 1 fully saturated rings. The van der Waals surface area contributed by atoms with Crippen LogP contribution in [0.3, 0.4) is 0 Å². The average molecular weight is 343 g/mol. The second kappa shape index (κ2) is 7.56. The third-order valence-corrected chi connectivity index (χ3v) is 5.14. The van der Waals surface area contributed by atoms with Crippen LogP contribution in [0.5, 0.6) is 0 Å². The Labute approximate surface area is 144 Å². The summed E-state index contributed by atoms with van der Waals surface area (Å²) in [6, 6.07) is 11.9. The fourth-order valence-electron chi connectivity index (χ4n) is 2.95. The first-order valence-electron chi connectivity index (χ1n) is 7.87. The monoisotopic (exact) mass is 343 g/mol. The SMILES string of the molecule is N#CC(c1ccccc1F)N1CCN(C(=O)Cc2cccs2)CC1. The van der Waals surface area contributed by atoms with E-state index >= 15 is 0 Å². The van der Waals surface area contributed by atoms with Crippen LogP contribution in [0.2, 0.25) is 0 Å². The van der Waals surface area contributed by atoms with Crippen LogP contribution in [0.4, 0.5) is 4.39 Å². The molecule has 0 radical (unpaired) electrons. The summed E-state index contributed by atoms with van der Waals surface area (Å²) in [5, 5.41) is 11.4. The van der Waals surface area contributed by atoms with E-state index in [2.05, 4.69) is 6.07 Å². The van der Waals surface area contributed by atoms with E-state index in [-0.39, 0.29) is 11.7 Å². The van der Waals surface area contributed by atoms with Crippen molar-refractivity contribution in [1.29, 1.82) is 5.26 Å². The summed E-state index contributed by atoms with van der Waals surface area (Å²) in [6.45, 7) is 2.28. The molecule has 1 aromatic carbocycles. The van der Waals surface area contributed by atoms with Crippen LogP contribution in [-0.2, 0) is 11.2 Å². The number of hydrogen-bond acceptors (Lipinski definition) is 4. The molecule has 2 heterocycles. The predicted octanol–water partition coefficient (Wildman–Crippen LogP) is 2.84. The zero-order chi connectivity index (χ0) is 16.9. The Morgan fingerprint density at radius 3 is 2.58 bits per heavy atom. The van der Waals surface area contributed by atoms with Gasteiger partial charge in [0.25, 0.3) is 0 Å². The van der Waals surface area contributed by atoms with Crippen molar-refractivity contribution in [3.8, 4) is 6.07 Å². The molecule has 1 aliphatic heterocycles. The molecule has 3 rings (SSSR count). The smallest absolute Gasteiger partial charge is 0.227 e. The molecule has 0 bridgehead atoms. The van der Waals surface area contributed by atoms with Gasteiger partial charge in [0.15, 0.2) is 0 Å². The van der Waals surface area contributed by atoms with E-state index < -0.39 is 6.04 Å². The minimum Gasteiger partial charge on any atom is -0.340 e. The maximum Gasteiger partial charge on any atom is 0.227 e. The van der Waals surface area contributed by atoms with Crippen LogP contribution >= 0.6 is 11.3 Å². The zero-order valence-corrected chi connectivity index (χ0v) is 14.0. The molecular formula is C18H18FN3OS. The lowest BCUT2D eigenvalue weighted by Gasteiger charge is -2.37. The largest absolute Gasteiger partial charge is 0.340 e. The fourth-order valence-corrected chi connectivity index (χ4v) is 3.64. The first kappa shape index (κ1) is 16.6. The molecule has 1 aromatic heterocycles. The van der Waals surface area contributed by atoms with Crippen LogP contribution in [0.1, 0.15) is 16.5 Å². The van der Waals surface area contributed by atoms with Crippen molar-refractivity contribution >= 4 is 17.2 Å². The fraction of sp³-hybridized carbons (Fsp3) is 0.333. The van der Waals surface area contributed by atoms with Crippen LogP contribution < -0.4 is 0 Å². The molecule has 1 unspecified atom stereocenters. The molecule has 24 heavy (non-hydrogen) atoms. The molecule has 0 aliphatic carbocycles. The predicted molar refractivity (Wildman–Crippen MR) is 90.9 cm³/mol. The minimum absolute atomic E-state index is 0.108. The quantitative estimate of drug-likeness (QED) is 0.858. The van der Waals surface area contributed by atoms with Gasteiger partial charge in [0.05, 0.1) is 12.5 Å². The van der Waals surface area contributed by atoms with E-state index in [1.165, 1.54) is 6.07 Å². The lowest BCUT2D eigenvalue weighted by Crippen LogP contribution is -2.50. The van der Waals surface area contributed by atoms with Crippen LogP contribution in [0, 0.1) is 17.1 Å². The summed E-state index contributed by atoms with van der Waals surface area (Å²) in [6.07, 6.45) is 0.423. The van der Waals surface area contributed by atoms with Gasteiger partial charge in [-0.05, 0) is 17.5 Å². The van der Waals surface area contributed by atoms with Crippen molar-refractivity contribution in [2.24, 2.45) is 0 Å². The first-order valence-corrected chi connectivity index (χ1v) is 8.75. The van der Waals surface area contributed by atoms with Crippen molar-refractivity contribution in [2.45, 2.75) is 12.5 Å². The van der Waals surface area contributed by atoms with Gasteiger partial charge in [-0.2, -0.15) is 5.26 Å². The van der Waals surface area contributed by atoms with Crippen molar-refractivity contribution in [2.75, 3.05) is 26.2 Å². The number of benzene rings is 1. The molecule has 4 nitrogen and oxygen atoms in total. The van der Waals surface area contributed by atoms with Gasteiger partial charge < -0.3 is 4.90 Å². The molecule has 124 valence electrons. The van der Waals surface area contributed by atoms with Gasteiger partial charge in [-0.3, -0.25) is 9.69 Å². The Morgan fingerprint density at radius 2 is 1.96 bits per heavy atom. The van der Waals surface area contributed by atoms with Gasteiger partial charge in [0, 0.05) is 36.6 Å². The number of rotatable bonds is 4. The average Bonchev–Trinajstić information content (AvgIpc) is 3.11. The number of hydrogen-bond donors (Lipinski definition) is 0. The molecule has 0 spiro atoms. The summed E-state index contributed by atoms with van der Waals surface area (Å²) in [7, 11) is 0. The molecule has 1 saturated heterocycles. The number of amides is 1. The van der Waals surface area contributed by atoms with Crippen molar-refractivity contribution in [3.63, 3.8) is 0 Å². The number of halogens is 1. The third kappa shape index (κ3) is 3.64. The number of carbonyl (C=O) groups is 1. The summed E-state index contributed by atoms with van der Waals surface area (Å²) >= 11 is 1.58. The van der Waals surface area contributed by atoms with E-state index in [1.807, 2.05) is 27.3 Å². The highest BCUT2D eigenvalue weighted by Gasteiger charge is 2.28. The molecule has 1 atom stereocenters. The maximum atomic E-state index is 14.0. The van der Waals surface area contributed by atoms with Crippen molar-refractivity contribution in [1.82, 2.24) is 9.80 Å². The van der Waals surface area contributed by atoms with E-state index in [0.717, 1.165) is 4.88 Å². The zero-order valence-electron chi connectivity index (χ0n) is 13.2. The Bertz CT molecular complexity index is 733. The van der Waals surface area contributed by atoms with Gasteiger partial charge in [0.1, 0.15) is 11.9 Å². The number of thiophene rings is 1. The number of carbonyl (C=O) groups excluding carboxylic acids is 1. The third-order valence-electron chi connectivity index (χ3n) is 4.26. The summed E-state index contributed by atoms with van der Waals surface area (Å²) in [5.41, 5.74) is 0.401. The molecule has 6 heteroatoms. The summed E-state index contributed by atoms with van der Waals surface area (Å²) < 4.78 is 14.0. The summed E-state index contributed by atoms with van der Waals surface area (Å²) in [5.74, 6) is -0.253. The Kier molecular flexibility index (Phi) is 5.24. The highest BCUT2D eigenvalue weighted by atomic mass is 32.1. The normalized spacial score (nSPS) is 16.6. The van der Waals surface area contributed by atoms with Gasteiger partial charge in [-0.25, -0.2) is 4.39 Å². The van der Waals surface area contributed by atoms with Crippen molar-refractivity contribution in [3.05, 3.63) is 58.0 Å². The van der Waals surface area contributed by atoms with Crippen molar-refractivity contribution < 1.29 is 9.18 Å². The minimum atomic E-state index is -0.610. The highest BCUT2D eigenvalue weighted by Crippen LogP contribution is 2.24. The Hall–Kier alpha value is -2.23. The Morgan fingerprint density at radius 1 is 1.21 bits per heavy atom.